The molecule has 0 amide bonds. The van der Waals surface area contributed by atoms with Gasteiger partial charge in [-0.05, 0) is 36.8 Å². The Labute approximate surface area is 108 Å². The van der Waals surface area contributed by atoms with Crippen molar-refractivity contribution in [2.45, 2.75) is 38.1 Å². The van der Waals surface area contributed by atoms with E-state index in [0.717, 1.165) is 31.2 Å². The van der Waals surface area contributed by atoms with Gasteiger partial charge in [-0.15, -0.1) is 12.3 Å². The van der Waals surface area contributed by atoms with E-state index < -0.39 is 12.0 Å². The zero-order valence-corrected chi connectivity index (χ0v) is 10.4. The van der Waals surface area contributed by atoms with Crippen LogP contribution in [0, 0.1) is 12.3 Å². The zero-order valence-electron chi connectivity index (χ0n) is 10.4. The van der Waals surface area contributed by atoms with E-state index in [2.05, 4.69) is 5.92 Å². The monoisotopic (exact) mass is 245 g/mol. The Morgan fingerprint density at radius 3 is 2.44 bits per heavy atom. The van der Waals surface area contributed by atoms with Gasteiger partial charge in [-0.1, -0.05) is 24.3 Å². The number of terminal acetylenes is 1. The van der Waals surface area contributed by atoms with Gasteiger partial charge in [0, 0.05) is 6.42 Å². The molecule has 0 heterocycles. The summed E-state index contributed by atoms with van der Waals surface area (Å²) in [4.78, 5) is 10.6. The van der Waals surface area contributed by atoms with Crippen LogP contribution in [0.2, 0.25) is 0 Å². The Bertz CT molecular complexity index is 417. The van der Waals surface area contributed by atoms with Gasteiger partial charge in [-0.2, -0.15) is 0 Å². The number of hydrogen-bond acceptors (Lipinski definition) is 2. The number of hydrogen-bond donors (Lipinski definition) is 2. The van der Waals surface area contributed by atoms with Crippen molar-refractivity contribution >= 4 is 5.97 Å². The molecule has 1 rings (SSSR count). The van der Waals surface area contributed by atoms with Gasteiger partial charge >= 0.3 is 5.97 Å². The number of carbonyl (C=O) groups is 1. The van der Waals surface area contributed by atoms with Gasteiger partial charge in [0.15, 0.2) is 0 Å². The first-order chi connectivity index (χ1) is 8.63. The highest BCUT2D eigenvalue weighted by molar-refractivity contribution is 5.73. The first-order valence-corrected chi connectivity index (χ1v) is 6.13. The normalized spacial score (nSPS) is 11.8. The molecule has 0 aliphatic carbocycles. The molecule has 96 valence electrons. The number of unbranched alkanes of at least 4 members (excludes halogenated alkanes) is 2. The van der Waals surface area contributed by atoms with Crippen LogP contribution in [0.25, 0.3) is 0 Å². The maximum absolute atomic E-state index is 10.6. The van der Waals surface area contributed by atoms with Crippen LogP contribution in [-0.4, -0.2) is 17.1 Å². The average Bonchev–Trinajstić information content (AvgIpc) is 2.36. The molecule has 1 unspecified atom stereocenters. The van der Waals surface area contributed by atoms with Crippen LogP contribution < -0.4 is 5.73 Å². The molecule has 0 bridgehead atoms. The lowest BCUT2D eigenvalue weighted by Crippen LogP contribution is -2.32. The highest BCUT2D eigenvalue weighted by atomic mass is 16.4. The van der Waals surface area contributed by atoms with Gasteiger partial charge in [-0.3, -0.25) is 4.79 Å². The second-order valence-electron chi connectivity index (χ2n) is 4.38. The van der Waals surface area contributed by atoms with Crippen LogP contribution in [0.3, 0.4) is 0 Å². The van der Waals surface area contributed by atoms with E-state index in [1.807, 2.05) is 24.3 Å². The molecule has 3 heteroatoms. The van der Waals surface area contributed by atoms with E-state index in [0.29, 0.717) is 6.42 Å². The molecule has 1 atom stereocenters. The topological polar surface area (TPSA) is 63.3 Å². The summed E-state index contributed by atoms with van der Waals surface area (Å²) in [5, 5.41) is 8.72. The van der Waals surface area contributed by atoms with Gasteiger partial charge in [0.2, 0.25) is 0 Å². The number of aryl methyl sites for hydroxylation is 1. The molecule has 3 nitrogen and oxygen atoms in total. The van der Waals surface area contributed by atoms with Crippen molar-refractivity contribution in [1.29, 1.82) is 0 Å². The van der Waals surface area contributed by atoms with Crippen LogP contribution in [0.1, 0.15) is 30.4 Å². The van der Waals surface area contributed by atoms with E-state index in [4.69, 9.17) is 17.3 Å². The molecule has 0 aliphatic heterocycles. The molecule has 3 N–H and O–H groups in total. The quantitative estimate of drug-likeness (QED) is 0.570. The molecule has 0 spiro atoms. The van der Waals surface area contributed by atoms with E-state index in [1.165, 1.54) is 5.56 Å². The number of carboxylic acid groups (broad SMARTS) is 1. The van der Waals surface area contributed by atoms with Crippen molar-refractivity contribution in [3.05, 3.63) is 35.4 Å². The summed E-state index contributed by atoms with van der Waals surface area (Å²) in [5.41, 5.74) is 7.69. The molecule has 1 aromatic carbocycles. The number of benzene rings is 1. The standard InChI is InChI=1S/C15H19NO2/c1-2-3-4-5-6-12-7-9-13(10-8-12)11-14(16)15(17)18/h1,7-10,14H,3-6,11,16H2,(H,17,18). The Balaban J connectivity index is 2.43. The van der Waals surface area contributed by atoms with Gasteiger partial charge < -0.3 is 10.8 Å². The highest BCUT2D eigenvalue weighted by Crippen LogP contribution is 2.10. The summed E-state index contributed by atoms with van der Waals surface area (Å²) in [5.74, 6) is 1.66. The predicted octanol–water partition coefficient (Wildman–Crippen LogP) is 1.99. The number of nitrogens with two attached hydrogens (primary N) is 1. The summed E-state index contributed by atoms with van der Waals surface area (Å²) >= 11 is 0. The lowest BCUT2D eigenvalue weighted by Gasteiger charge is -2.07. The maximum atomic E-state index is 10.6. The molecular weight excluding hydrogens is 226 g/mol. The minimum Gasteiger partial charge on any atom is -0.480 e. The van der Waals surface area contributed by atoms with Crippen molar-refractivity contribution in [1.82, 2.24) is 0 Å². The molecule has 18 heavy (non-hydrogen) atoms. The van der Waals surface area contributed by atoms with Gasteiger partial charge in [-0.25, -0.2) is 0 Å². The van der Waals surface area contributed by atoms with Crippen LogP contribution in [0.5, 0.6) is 0 Å². The summed E-state index contributed by atoms with van der Waals surface area (Å²) in [6, 6.07) is 7.12. The minimum absolute atomic E-state index is 0.368. The second-order valence-corrected chi connectivity index (χ2v) is 4.38. The third kappa shape index (κ3) is 5.03. The third-order valence-corrected chi connectivity index (χ3v) is 2.83. The molecule has 0 saturated carbocycles. The van der Waals surface area contributed by atoms with E-state index in [-0.39, 0.29) is 0 Å². The fraction of sp³-hybridized carbons (Fsp3) is 0.400. The molecule has 0 radical (unpaired) electrons. The van der Waals surface area contributed by atoms with Gasteiger partial charge in [0.25, 0.3) is 0 Å². The number of carboxylic acids is 1. The predicted molar refractivity (Wildman–Crippen MR) is 72.1 cm³/mol. The molecule has 0 fully saturated rings. The third-order valence-electron chi connectivity index (χ3n) is 2.83. The first-order valence-electron chi connectivity index (χ1n) is 6.13. The van der Waals surface area contributed by atoms with Gasteiger partial charge in [0.1, 0.15) is 6.04 Å². The Hall–Kier alpha value is -1.79. The summed E-state index contributed by atoms with van der Waals surface area (Å²) < 4.78 is 0. The number of aliphatic carboxylic acids is 1. The highest BCUT2D eigenvalue weighted by Gasteiger charge is 2.11. The van der Waals surface area contributed by atoms with E-state index >= 15 is 0 Å². The molecule has 1 aromatic rings. The summed E-state index contributed by atoms with van der Waals surface area (Å²) in [6.07, 6.45) is 9.51. The van der Waals surface area contributed by atoms with Crippen molar-refractivity contribution in [2.75, 3.05) is 0 Å². The van der Waals surface area contributed by atoms with Crippen LogP contribution >= 0.6 is 0 Å². The number of rotatable bonds is 7. The lowest BCUT2D eigenvalue weighted by atomic mass is 10.0. The Morgan fingerprint density at radius 1 is 1.28 bits per heavy atom. The summed E-state index contributed by atoms with van der Waals surface area (Å²) in [7, 11) is 0. The van der Waals surface area contributed by atoms with E-state index in [1.54, 1.807) is 0 Å². The second kappa shape index (κ2) is 7.52. The minimum atomic E-state index is -0.964. The lowest BCUT2D eigenvalue weighted by molar-refractivity contribution is -0.138. The van der Waals surface area contributed by atoms with Crippen molar-refractivity contribution in [3.8, 4) is 12.3 Å². The Kier molecular flexibility index (Phi) is 5.96. The van der Waals surface area contributed by atoms with Crippen molar-refractivity contribution in [3.63, 3.8) is 0 Å². The smallest absolute Gasteiger partial charge is 0.320 e. The molecule has 0 saturated heterocycles. The fourth-order valence-electron chi connectivity index (χ4n) is 1.74. The van der Waals surface area contributed by atoms with Crippen LogP contribution in [-0.2, 0) is 17.6 Å². The molecule has 0 aliphatic rings. The largest absolute Gasteiger partial charge is 0.480 e. The van der Waals surface area contributed by atoms with Crippen molar-refractivity contribution < 1.29 is 9.90 Å². The Morgan fingerprint density at radius 2 is 1.89 bits per heavy atom. The fourth-order valence-corrected chi connectivity index (χ4v) is 1.74. The van der Waals surface area contributed by atoms with Gasteiger partial charge in [0.05, 0.1) is 0 Å². The first kappa shape index (κ1) is 14.3. The molecule has 0 aromatic heterocycles. The van der Waals surface area contributed by atoms with Crippen LogP contribution in [0.4, 0.5) is 0 Å². The SMILES string of the molecule is C#CCCCCc1ccc(CC(N)C(=O)O)cc1. The maximum Gasteiger partial charge on any atom is 0.320 e. The van der Waals surface area contributed by atoms with Crippen LogP contribution in [0.15, 0.2) is 24.3 Å². The molecular formula is C15H19NO2. The zero-order chi connectivity index (χ0) is 13.4. The summed E-state index contributed by atoms with van der Waals surface area (Å²) in [6.45, 7) is 0. The van der Waals surface area contributed by atoms with Crippen molar-refractivity contribution in [2.24, 2.45) is 5.73 Å². The van der Waals surface area contributed by atoms with E-state index in [9.17, 15) is 4.79 Å². The average molecular weight is 245 g/mol.